The summed E-state index contributed by atoms with van der Waals surface area (Å²) in [6, 6.07) is -1.02. The number of carbonyl (C=O) groups excluding carboxylic acids is 2. The number of ether oxygens (including phenoxy) is 1. The molecular formula is C13H20N2O5S. The number of nitrogens with zero attached hydrogens (tertiary/aromatic N) is 1. The zero-order chi connectivity index (χ0) is 15.4. The minimum Gasteiger partial charge on any atom is -0.480 e. The molecule has 118 valence electrons. The molecule has 2 fully saturated rings. The molecular weight excluding hydrogens is 296 g/mol. The predicted molar refractivity (Wildman–Crippen MR) is 76.7 cm³/mol. The van der Waals surface area contributed by atoms with E-state index in [1.165, 1.54) is 16.7 Å². The van der Waals surface area contributed by atoms with Gasteiger partial charge in [0.2, 0.25) is 5.91 Å². The average molecular weight is 316 g/mol. The number of hydrogen-bond acceptors (Lipinski definition) is 5. The number of nitrogens with one attached hydrogen (secondary N) is 1. The standard InChI is InChI=1S/C13H20N2O5S/c1-2-3-7-20-13(19)14-11-10(12(17)18)15-8(16)5-4-6-9(15)21-11/h9-11H,2-7H2,1H3,(H,14,19)(H,17,18). The molecule has 3 atom stereocenters. The van der Waals surface area contributed by atoms with Crippen molar-refractivity contribution in [3.05, 3.63) is 0 Å². The van der Waals surface area contributed by atoms with Crippen LogP contribution in [0.15, 0.2) is 0 Å². The minimum atomic E-state index is -1.10. The summed E-state index contributed by atoms with van der Waals surface area (Å²) in [4.78, 5) is 36.5. The molecule has 21 heavy (non-hydrogen) atoms. The number of carboxylic acids is 1. The van der Waals surface area contributed by atoms with Crippen LogP contribution in [0.2, 0.25) is 0 Å². The third-order valence-corrected chi connectivity index (χ3v) is 5.02. The molecule has 8 heteroatoms. The van der Waals surface area contributed by atoms with Gasteiger partial charge in [-0.15, -0.1) is 11.8 Å². The third-order valence-electron chi connectivity index (χ3n) is 3.57. The Bertz CT molecular complexity index is 431. The van der Waals surface area contributed by atoms with E-state index < -0.39 is 23.5 Å². The fraction of sp³-hybridized carbons (Fsp3) is 0.769. The lowest BCUT2D eigenvalue weighted by Crippen LogP contribution is -2.53. The first kappa shape index (κ1) is 15.9. The maximum absolute atomic E-state index is 11.9. The first-order valence-electron chi connectivity index (χ1n) is 7.17. The molecule has 0 aromatic rings. The molecule has 0 saturated carbocycles. The molecule has 0 aromatic carbocycles. The number of alkyl carbamates (subject to hydrolysis) is 1. The zero-order valence-electron chi connectivity index (χ0n) is 11.9. The quantitative estimate of drug-likeness (QED) is 0.744. The summed E-state index contributed by atoms with van der Waals surface area (Å²) in [5.74, 6) is -1.26. The second-order valence-corrected chi connectivity index (χ2v) is 6.45. The predicted octanol–water partition coefficient (Wildman–Crippen LogP) is 1.38. The summed E-state index contributed by atoms with van der Waals surface area (Å²) in [5.41, 5.74) is 0. The Labute approximate surface area is 127 Å². The Balaban J connectivity index is 2.00. The van der Waals surface area contributed by atoms with Crippen molar-refractivity contribution in [2.24, 2.45) is 0 Å². The lowest BCUT2D eigenvalue weighted by molar-refractivity contribution is -0.151. The van der Waals surface area contributed by atoms with Gasteiger partial charge in [0.25, 0.3) is 0 Å². The van der Waals surface area contributed by atoms with Crippen molar-refractivity contribution in [1.29, 1.82) is 0 Å². The molecule has 2 rings (SSSR count). The highest BCUT2D eigenvalue weighted by atomic mass is 32.2. The van der Waals surface area contributed by atoms with Gasteiger partial charge in [-0.25, -0.2) is 9.59 Å². The van der Waals surface area contributed by atoms with E-state index in [0.717, 1.165) is 25.7 Å². The van der Waals surface area contributed by atoms with Gasteiger partial charge in [-0.1, -0.05) is 13.3 Å². The van der Waals surface area contributed by atoms with Gasteiger partial charge < -0.3 is 20.1 Å². The Kier molecular flexibility index (Phi) is 5.33. The van der Waals surface area contributed by atoms with Crippen molar-refractivity contribution >= 4 is 29.7 Å². The Morgan fingerprint density at radius 2 is 2.29 bits per heavy atom. The zero-order valence-corrected chi connectivity index (χ0v) is 12.7. The molecule has 2 aliphatic heterocycles. The lowest BCUT2D eigenvalue weighted by Gasteiger charge is -2.31. The largest absolute Gasteiger partial charge is 0.480 e. The molecule has 0 spiro atoms. The van der Waals surface area contributed by atoms with Crippen LogP contribution >= 0.6 is 11.8 Å². The summed E-state index contributed by atoms with van der Waals surface area (Å²) in [6.07, 6.45) is 2.93. The minimum absolute atomic E-state index is 0.158. The average Bonchev–Trinajstić information content (AvgIpc) is 2.78. The van der Waals surface area contributed by atoms with E-state index in [9.17, 15) is 19.5 Å². The van der Waals surface area contributed by atoms with E-state index in [0.29, 0.717) is 13.0 Å². The molecule has 0 aromatic heterocycles. The van der Waals surface area contributed by atoms with Crippen molar-refractivity contribution in [3.63, 3.8) is 0 Å². The van der Waals surface area contributed by atoms with E-state index in [4.69, 9.17) is 4.74 Å². The van der Waals surface area contributed by atoms with Crippen LogP contribution in [-0.4, -0.2) is 51.4 Å². The van der Waals surface area contributed by atoms with Crippen molar-refractivity contribution in [3.8, 4) is 0 Å². The second kappa shape index (κ2) is 7.02. The maximum Gasteiger partial charge on any atom is 0.408 e. The number of thioether (sulfide) groups is 1. The summed E-state index contributed by atoms with van der Waals surface area (Å²) in [6.45, 7) is 2.29. The van der Waals surface area contributed by atoms with Gasteiger partial charge in [0.05, 0.1) is 12.0 Å². The highest BCUT2D eigenvalue weighted by Gasteiger charge is 2.50. The van der Waals surface area contributed by atoms with Gasteiger partial charge >= 0.3 is 12.1 Å². The summed E-state index contributed by atoms with van der Waals surface area (Å²) in [5, 5.41) is 11.1. The molecule has 3 unspecified atom stereocenters. The van der Waals surface area contributed by atoms with Crippen molar-refractivity contribution in [1.82, 2.24) is 10.2 Å². The summed E-state index contributed by atoms with van der Waals surface area (Å²) >= 11 is 1.31. The topological polar surface area (TPSA) is 95.9 Å². The third kappa shape index (κ3) is 3.61. The highest BCUT2D eigenvalue weighted by Crippen LogP contribution is 2.40. The summed E-state index contributed by atoms with van der Waals surface area (Å²) in [7, 11) is 0. The molecule has 2 aliphatic rings. The SMILES string of the molecule is CCCCOC(=O)NC1SC2CCCC(=O)N2C1C(=O)O. The van der Waals surface area contributed by atoms with Crippen molar-refractivity contribution in [2.75, 3.05) is 6.61 Å². The number of amides is 2. The first-order chi connectivity index (χ1) is 10.0. The van der Waals surface area contributed by atoms with Crippen LogP contribution in [0, 0.1) is 0 Å². The van der Waals surface area contributed by atoms with Crippen LogP contribution in [0.1, 0.15) is 39.0 Å². The molecule has 2 amide bonds. The number of carbonyl (C=O) groups is 3. The molecule has 2 N–H and O–H groups in total. The van der Waals surface area contributed by atoms with Gasteiger partial charge in [-0.2, -0.15) is 0 Å². The van der Waals surface area contributed by atoms with E-state index >= 15 is 0 Å². The Morgan fingerprint density at radius 1 is 1.52 bits per heavy atom. The van der Waals surface area contributed by atoms with Crippen LogP contribution in [0.4, 0.5) is 4.79 Å². The van der Waals surface area contributed by atoms with E-state index in [-0.39, 0.29) is 11.3 Å². The van der Waals surface area contributed by atoms with Crippen LogP contribution < -0.4 is 5.32 Å². The molecule has 0 aliphatic carbocycles. The van der Waals surface area contributed by atoms with Gasteiger partial charge in [0.15, 0.2) is 6.04 Å². The second-order valence-electron chi connectivity index (χ2n) is 5.12. The van der Waals surface area contributed by atoms with Crippen LogP contribution in [0.5, 0.6) is 0 Å². The van der Waals surface area contributed by atoms with E-state index in [2.05, 4.69) is 5.32 Å². The Morgan fingerprint density at radius 3 is 2.95 bits per heavy atom. The highest BCUT2D eigenvalue weighted by molar-refractivity contribution is 8.00. The fourth-order valence-electron chi connectivity index (χ4n) is 2.54. The van der Waals surface area contributed by atoms with E-state index in [1.54, 1.807) is 0 Å². The van der Waals surface area contributed by atoms with Gasteiger partial charge in [-0.3, -0.25) is 4.79 Å². The van der Waals surface area contributed by atoms with Crippen LogP contribution in [0.25, 0.3) is 0 Å². The number of carboxylic acid groups (broad SMARTS) is 1. The number of aliphatic carboxylic acids is 1. The molecule has 2 heterocycles. The number of fused-ring (bicyclic) bond motifs is 1. The monoisotopic (exact) mass is 316 g/mol. The van der Waals surface area contributed by atoms with Crippen LogP contribution in [0.3, 0.4) is 0 Å². The lowest BCUT2D eigenvalue weighted by atomic mass is 10.1. The van der Waals surface area contributed by atoms with Gasteiger partial charge in [0.1, 0.15) is 5.37 Å². The Hall–Kier alpha value is -1.44. The normalized spacial score (nSPS) is 28.1. The van der Waals surface area contributed by atoms with Gasteiger partial charge in [-0.05, 0) is 19.3 Å². The molecule has 7 nitrogen and oxygen atoms in total. The fourth-order valence-corrected chi connectivity index (χ4v) is 4.12. The molecule has 2 saturated heterocycles. The molecule has 0 bridgehead atoms. The van der Waals surface area contributed by atoms with Crippen LogP contribution in [-0.2, 0) is 14.3 Å². The van der Waals surface area contributed by atoms with Crippen molar-refractivity contribution < 1.29 is 24.2 Å². The van der Waals surface area contributed by atoms with Crippen molar-refractivity contribution in [2.45, 2.75) is 55.8 Å². The number of hydrogen-bond donors (Lipinski definition) is 2. The molecule has 0 radical (unpaired) electrons. The number of unbranched alkanes of at least 4 members (excludes halogenated alkanes) is 1. The van der Waals surface area contributed by atoms with Gasteiger partial charge in [0, 0.05) is 6.42 Å². The number of rotatable bonds is 5. The maximum atomic E-state index is 11.9. The first-order valence-corrected chi connectivity index (χ1v) is 8.11. The van der Waals surface area contributed by atoms with E-state index in [1.807, 2.05) is 6.92 Å². The summed E-state index contributed by atoms with van der Waals surface area (Å²) < 4.78 is 4.99. The smallest absolute Gasteiger partial charge is 0.408 e. The number of piperidine rings is 1.